The van der Waals surface area contributed by atoms with Gasteiger partial charge in [-0.15, -0.1) is 0 Å². The zero-order chi connectivity index (χ0) is 13.8. The molecular weight excluding hydrogens is 249 g/mol. The third kappa shape index (κ3) is 2.92. The molecule has 1 heterocycles. The molecule has 0 aliphatic carbocycles. The molecule has 0 aromatic heterocycles. The molecule has 1 saturated heterocycles. The molecule has 1 amide bonds. The maximum atomic E-state index is 13.5. The highest BCUT2D eigenvalue weighted by molar-refractivity contribution is 5.86. The largest absolute Gasteiger partial charge is 0.467 e. The van der Waals surface area contributed by atoms with Crippen LogP contribution in [0.4, 0.5) is 4.39 Å². The lowest BCUT2D eigenvalue weighted by Crippen LogP contribution is -2.41. The van der Waals surface area contributed by atoms with Crippen molar-refractivity contribution in [2.24, 2.45) is 0 Å². The van der Waals surface area contributed by atoms with Gasteiger partial charge in [0.25, 0.3) is 0 Å². The van der Waals surface area contributed by atoms with Gasteiger partial charge in [-0.05, 0) is 24.5 Å². The Morgan fingerprint density at radius 2 is 2.16 bits per heavy atom. The van der Waals surface area contributed by atoms with Crippen LogP contribution < -0.4 is 0 Å². The van der Waals surface area contributed by atoms with Gasteiger partial charge in [0.2, 0.25) is 5.91 Å². The number of carbonyl (C=O) groups is 2. The fraction of sp³-hybridized carbons (Fsp3) is 0.429. The second kappa shape index (κ2) is 5.82. The lowest BCUT2D eigenvalue weighted by Gasteiger charge is -2.22. The van der Waals surface area contributed by atoms with Crippen molar-refractivity contribution >= 4 is 11.9 Å². The van der Waals surface area contributed by atoms with E-state index in [4.69, 9.17) is 0 Å². The molecule has 0 radical (unpaired) electrons. The molecule has 1 aromatic rings. The van der Waals surface area contributed by atoms with Crippen LogP contribution >= 0.6 is 0 Å². The van der Waals surface area contributed by atoms with Gasteiger partial charge in [-0.25, -0.2) is 9.18 Å². The van der Waals surface area contributed by atoms with Crippen molar-refractivity contribution in [1.29, 1.82) is 0 Å². The number of likely N-dealkylation sites (tertiary alicyclic amines) is 1. The van der Waals surface area contributed by atoms with E-state index in [2.05, 4.69) is 4.74 Å². The lowest BCUT2D eigenvalue weighted by atomic mass is 10.1. The summed E-state index contributed by atoms with van der Waals surface area (Å²) in [5.74, 6) is -1.04. The highest BCUT2D eigenvalue weighted by Gasteiger charge is 2.34. The molecule has 1 fully saturated rings. The van der Waals surface area contributed by atoms with Gasteiger partial charge >= 0.3 is 5.97 Å². The summed E-state index contributed by atoms with van der Waals surface area (Å²) in [5.41, 5.74) is 0.350. The molecule has 4 nitrogen and oxygen atoms in total. The second-order valence-electron chi connectivity index (χ2n) is 4.54. The number of esters is 1. The zero-order valence-electron chi connectivity index (χ0n) is 10.8. The molecule has 5 heteroatoms. The van der Waals surface area contributed by atoms with Crippen LogP contribution in [-0.2, 0) is 20.7 Å². The average Bonchev–Trinajstić information content (AvgIpc) is 2.90. The maximum absolute atomic E-state index is 13.5. The molecule has 0 saturated carbocycles. The Bertz CT molecular complexity index is 489. The first kappa shape index (κ1) is 13.5. The van der Waals surface area contributed by atoms with E-state index in [-0.39, 0.29) is 12.3 Å². The Balaban J connectivity index is 2.07. The molecule has 1 unspecified atom stereocenters. The Hall–Kier alpha value is -1.91. The molecule has 1 atom stereocenters. The van der Waals surface area contributed by atoms with Crippen LogP contribution in [-0.4, -0.2) is 36.5 Å². The number of hydrogen-bond acceptors (Lipinski definition) is 3. The van der Waals surface area contributed by atoms with Crippen LogP contribution in [0.5, 0.6) is 0 Å². The Labute approximate surface area is 111 Å². The van der Waals surface area contributed by atoms with Gasteiger partial charge in [-0.1, -0.05) is 18.2 Å². The van der Waals surface area contributed by atoms with Crippen LogP contribution in [0.1, 0.15) is 18.4 Å². The van der Waals surface area contributed by atoms with E-state index in [9.17, 15) is 14.0 Å². The van der Waals surface area contributed by atoms with Crippen LogP contribution in [0.15, 0.2) is 24.3 Å². The number of methoxy groups -OCH3 is 1. The van der Waals surface area contributed by atoms with E-state index in [0.717, 1.165) is 6.42 Å². The molecule has 2 rings (SSSR count). The van der Waals surface area contributed by atoms with Gasteiger partial charge in [0.1, 0.15) is 11.9 Å². The molecule has 0 spiro atoms. The van der Waals surface area contributed by atoms with Crippen molar-refractivity contribution in [2.45, 2.75) is 25.3 Å². The van der Waals surface area contributed by atoms with E-state index in [1.807, 2.05) is 0 Å². The van der Waals surface area contributed by atoms with E-state index in [1.54, 1.807) is 18.2 Å². The number of benzene rings is 1. The van der Waals surface area contributed by atoms with Crippen molar-refractivity contribution in [3.05, 3.63) is 35.6 Å². The highest BCUT2D eigenvalue weighted by Crippen LogP contribution is 2.20. The molecule has 0 N–H and O–H groups in total. The van der Waals surface area contributed by atoms with Crippen molar-refractivity contribution in [3.63, 3.8) is 0 Å². The van der Waals surface area contributed by atoms with Crippen LogP contribution in [0.2, 0.25) is 0 Å². The van der Waals surface area contributed by atoms with E-state index in [0.29, 0.717) is 18.5 Å². The second-order valence-corrected chi connectivity index (χ2v) is 4.54. The minimum absolute atomic E-state index is 0.0276. The number of halogens is 1. The number of nitrogens with zero attached hydrogens (tertiary/aromatic N) is 1. The quantitative estimate of drug-likeness (QED) is 0.779. The predicted molar refractivity (Wildman–Crippen MR) is 66.9 cm³/mol. The number of hydrogen-bond donors (Lipinski definition) is 0. The topological polar surface area (TPSA) is 46.6 Å². The standard InChI is InChI=1S/C14H16FNO3/c1-19-14(18)12-7-4-8-16(12)13(17)9-10-5-2-3-6-11(10)15/h2-3,5-6,12H,4,7-9H2,1H3. The van der Waals surface area contributed by atoms with E-state index >= 15 is 0 Å². The van der Waals surface area contributed by atoms with Gasteiger partial charge in [-0.3, -0.25) is 4.79 Å². The number of carbonyl (C=O) groups excluding carboxylic acids is 2. The summed E-state index contributed by atoms with van der Waals surface area (Å²) in [4.78, 5) is 25.2. The fourth-order valence-electron chi connectivity index (χ4n) is 2.35. The summed E-state index contributed by atoms with van der Waals surface area (Å²) in [6.45, 7) is 0.521. The zero-order valence-corrected chi connectivity index (χ0v) is 10.8. The minimum atomic E-state index is -0.524. The predicted octanol–water partition coefficient (Wildman–Crippen LogP) is 1.53. The summed E-state index contributed by atoms with van der Waals surface area (Å²) in [7, 11) is 1.31. The van der Waals surface area contributed by atoms with Gasteiger partial charge in [0.05, 0.1) is 13.5 Å². The van der Waals surface area contributed by atoms with Crippen molar-refractivity contribution in [3.8, 4) is 0 Å². The number of ether oxygens (including phenoxy) is 1. The van der Waals surface area contributed by atoms with E-state index in [1.165, 1.54) is 18.1 Å². The van der Waals surface area contributed by atoms with Crippen molar-refractivity contribution < 1.29 is 18.7 Å². The summed E-state index contributed by atoms with van der Waals surface area (Å²) in [6, 6.07) is 5.65. The van der Waals surface area contributed by atoms with Gasteiger partial charge < -0.3 is 9.64 Å². The molecule has 19 heavy (non-hydrogen) atoms. The van der Waals surface area contributed by atoms with Gasteiger partial charge in [-0.2, -0.15) is 0 Å². The summed E-state index contributed by atoms with van der Waals surface area (Å²) < 4.78 is 18.2. The first-order chi connectivity index (χ1) is 9.13. The minimum Gasteiger partial charge on any atom is -0.467 e. The Morgan fingerprint density at radius 1 is 1.42 bits per heavy atom. The average molecular weight is 265 g/mol. The summed E-state index contributed by atoms with van der Waals surface area (Å²) >= 11 is 0. The first-order valence-corrected chi connectivity index (χ1v) is 6.24. The number of rotatable bonds is 3. The third-order valence-corrected chi connectivity index (χ3v) is 3.35. The van der Waals surface area contributed by atoms with E-state index < -0.39 is 17.8 Å². The van der Waals surface area contributed by atoms with Crippen LogP contribution in [0.25, 0.3) is 0 Å². The van der Waals surface area contributed by atoms with Gasteiger partial charge in [0, 0.05) is 6.54 Å². The molecule has 102 valence electrons. The lowest BCUT2D eigenvalue weighted by molar-refractivity contribution is -0.150. The fourth-order valence-corrected chi connectivity index (χ4v) is 2.35. The Kier molecular flexibility index (Phi) is 4.14. The monoisotopic (exact) mass is 265 g/mol. The Morgan fingerprint density at radius 3 is 2.84 bits per heavy atom. The number of amides is 1. The molecule has 1 aromatic carbocycles. The SMILES string of the molecule is COC(=O)C1CCCN1C(=O)Cc1ccccc1F. The van der Waals surface area contributed by atoms with Crippen LogP contribution in [0, 0.1) is 5.82 Å². The summed E-state index contributed by atoms with van der Waals surface area (Å²) in [6.07, 6.45) is 1.35. The molecule has 0 bridgehead atoms. The smallest absolute Gasteiger partial charge is 0.328 e. The molecule has 1 aliphatic rings. The van der Waals surface area contributed by atoms with Crippen LogP contribution in [0.3, 0.4) is 0 Å². The van der Waals surface area contributed by atoms with Crippen molar-refractivity contribution in [1.82, 2.24) is 4.90 Å². The summed E-state index contributed by atoms with van der Waals surface area (Å²) in [5, 5.41) is 0. The van der Waals surface area contributed by atoms with Gasteiger partial charge in [0.15, 0.2) is 0 Å². The maximum Gasteiger partial charge on any atom is 0.328 e. The highest BCUT2D eigenvalue weighted by atomic mass is 19.1. The third-order valence-electron chi connectivity index (χ3n) is 3.35. The molecular formula is C14H16FNO3. The van der Waals surface area contributed by atoms with Crippen molar-refractivity contribution in [2.75, 3.05) is 13.7 Å². The first-order valence-electron chi connectivity index (χ1n) is 6.24. The normalized spacial score (nSPS) is 18.4. The molecule has 1 aliphatic heterocycles.